The molecule has 132 valence electrons. The molecule has 10 heteroatoms. The fourth-order valence-electron chi connectivity index (χ4n) is 2.30. The second kappa shape index (κ2) is 7.99. The molecule has 2 N–H and O–H groups in total. The van der Waals surface area contributed by atoms with E-state index in [-0.39, 0.29) is 23.9 Å². The number of hydrogen-bond donors (Lipinski definition) is 2. The molecule has 1 fully saturated rings. The zero-order valence-corrected chi connectivity index (χ0v) is 14.5. The number of carbonyl (C=O) groups excluding carboxylic acids is 2. The molecule has 0 saturated carbocycles. The van der Waals surface area contributed by atoms with Gasteiger partial charge in [0.1, 0.15) is 17.8 Å². The lowest BCUT2D eigenvalue weighted by molar-refractivity contribution is -0.120. The summed E-state index contributed by atoms with van der Waals surface area (Å²) in [4.78, 5) is 38.3. The zero-order chi connectivity index (χ0) is 17.6. The van der Waals surface area contributed by atoms with Crippen LogP contribution in [0, 0.1) is 0 Å². The Morgan fingerprint density at radius 2 is 2.12 bits per heavy atom. The number of morpholine rings is 1. The van der Waals surface area contributed by atoms with Crippen LogP contribution in [0.2, 0.25) is 0 Å². The first-order valence-electron chi connectivity index (χ1n) is 7.77. The monoisotopic (exact) mass is 362 g/mol. The SMILES string of the molecule is CNC(=O)Cc1csc(NC(=O)c2cc(N3CCOCC3)ncn2)n1. The van der Waals surface area contributed by atoms with Gasteiger partial charge in [-0.05, 0) is 0 Å². The Morgan fingerprint density at radius 1 is 1.32 bits per heavy atom. The van der Waals surface area contributed by atoms with Gasteiger partial charge in [-0.15, -0.1) is 11.3 Å². The Balaban J connectivity index is 1.66. The number of ether oxygens (including phenoxy) is 1. The van der Waals surface area contributed by atoms with Gasteiger partial charge in [-0.3, -0.25) is 14.9 Å². The number of likely N-dealkylation sites (N-methyl/N-ethyl adjacent to an activating group) is 1. The second-order valence-electron chi connectivity index (χ2n) is 5.31. The van der Waals surface area contributed by atoms with Gasteiger partial charge in [-0.25, -0.2) is 15.0 Å². The molecule has 0 atom stereocenters. The number of nitrogens with one attached hydrogen (secondary N) is 2. The third-order valence-electron chi connectivity index (χ3n) is 3.61. The highest BCUT2D eigenvalue weighted by Crippen LogP contribution is 2.18. The summed E-state index contributed by atoms with van der Waals surface area (Å²) in [5, 5.41) is 7.40. The van der Waals surface area contributed by atoms with E-state index < -0.39 is 0 Å². The number of carbonyl (C=O) groups is 2. The van der Waals surface area contributed by atoms with Gasteiger partial charge in [0, 0.05) is 31.6 Å². The third kappa shape index (κ3) is 4.48. The summed E-state index contributed by atoms with van der Waals surface area (Å²) in [5.41, 5.74) is 0.871. The van der Waals surface area contributed by atoms with Gasteiger partial charge in [0.05, 0.1) is 25.3 Å². The van der Waals surface area contributed by atoms with Gasteiger partial charge in [0.15, 0.2) is 5.13 Å². The fraction of sp³-hybridized carbons (Fsp3) is 0.400. The Hall–Kier alpha value is -2.59. The molecule has 0 bridgehead atoms. The predicted molar refractivity (Wildman–Crippen MR) is 92.9 cm³/mol. The predicted octanol–water partition coefficient (Wildman–Crippen LogP) is 0.310. The highest BCUT2D eigenvalue weighted by Gasteiger charge is 2.16. The molecule has 9 nitrogen and oxygen atoms in total. The first kappa shape index (κ1) is 17.2. The van der Waals surface area contributed by atoms with E-state index in [1.54, 1.807) is 18.5 Å². The Morgan fingerprint density at radius 3 is 2.88 bits per heavy atom. The summed E-state index contributed by atoms with van der Waals surface area (Å²) in [5.74, 6) is 0.203. The molecule has 3 rings (SSSR count). The van der Waals surface area contributed by atoms with E-state index in [4.69, 9.17) is 4.74 Å². The van der Waals surface area contributed by atoms with Crippen LogP contribution in [0.3, 0.4) is 0 Å². The van der Waals surface area contributed by atoms with Crippen LogP contribution in [-0.2, 0) is 16.0 Å². The minimum absolute atomic E-state index is 0.130. The lowest BCUT2D eigenvalue weighted by atomic mass is 10.3. The van der Waals surface area contributed by atoms with Gasteiger partial charge in [0.25, 0.3) is 5.91 Å². The summed E-state index contributed by atoms with van der Waals surface area (Å²) >= 11 is 1.26. The number of hydrogen-bond acceptors (Lipinski definition) is 8. The van der Waals surface area contributed by atoms with Crippen LogP contribution >= 0.6 is 11.3 Å². The molecule has 1 aliphatic rings. The molecular weight excluding hydrogens is 344 g/mol. The van der Waals surface area contributed by atoms with Crippen molar-refractivity contribution < 1.29 is 14.3 Å². The smallest absolute Gasteiger partial charge is 0.276 e. The van der Waals surface area contributed by atoms with Gasteiger partial charge in [-0.1, -0.05) is 0 Å². The number of amides is 2. The van der Waals surface area contributed by atoms with Crippen LogP contribution in [0.15, 0.2) is 17.8 Å². The zero-order valence-electron chi connectivity index (χ0n) is 13.7. The van der Waals surface area contributed by atoms with Crippen LogP contribution in [-0.4, -0.2) is 60.1 Å². The first-order valence-corrected chi connectivity index (χ1v) is 8.65. The average Bonchev–Trinajstić information content (AvgIpc) is 3.09. The van der Waals surface area contributed by atoms with Crippen molar-refractivity contribution in [3.05, 3.63) is 29.2 Å². The number of rotatable bonds is 5. The molecule has 3 heterocycles. The third-order valence-corrected chi connectivity index (χ3v) is 4.42. The topological polar surface area (TPSA) is 109 Å². The van der Waals surface area contributed by atoms with Crippen LogP contribution in [0.5, 0.6) is 0 Å². The summed E-state index contributed by atoms with van der Waals surface area (Å²) in [6, 6.07) is 1.65. The maximum atomic E-state index is 12.4. The Kier molecular flexibility index (Phi) is 5.51. The standard InChI is InChI=1S/C15H18N6O3S/c1-16-13(22)6-10-8-25-15(19-10)20-14(23)11-7-12(18-9-17-11)21-2-4-24-5-3-21/h7-9H,2-6H2,1H3,(H,16,22)(H,19,20,23). The van der Waals surface area contributed by atoms with Crippen molar-refractivity contribution in [1.29, 1.82) is 0 Å². The van der Waals surface area contributed by atoms with Crippen molar-refractivity contribution in [1.82, 2.24) is 20.3 Å². The lowest BCUT2D eigenvalue weighted by Crippen LogP contribution is -2.37. The number of aromatic nitrogens is 3. The quantitative estimate of drug-likeness (QED) is 0.788. The van der Waals surface area contributed by atoms with Crippen LogP contribution in [0.4, 0.5) is 10.9 Å². The molecule has 2 amide bonds. The van der Waals surface area contributed by atoms with Gasteiger partial charge < -0.3 is 15.0 Å². The van der Waals surface area contributed by atoms with E-state index in [0.717, 1.165) is 13.1 Å². The molecule has 0 radical (unpaired) electrons. The molecular formula is C15H18N6O3S. The van der Waals surface area contributed by atoms with Crippen molar-refractivity contribution in [3.8, 4) is 0 Å². The van der Waals surface area contributed by atoms with Gasteiger partial charge >= 0.3 is 0 Å². The number of thiazole rings is 1. The molecule has 1 saturated heterocycles. The summed E-state index contributed by atoms with van der Waals surface area (Å²) in [7, 11) is 1.57. The average molecular weight is 362 g/mol. The summed E-state index contributed by atoms with van der Waals surface area (Å²) in [6.45, 7) is 2.73. The molecule has 2 aromatic heterocycles. The van der Waals surface area contributed by atoms with Crippen molar-refractivity contribution in [3.63, 3.8) is 0 Å². The van der Waals surface area contributed by atoms with Crippen molar-refractivity contribution in [2.45, 2.75) is 6.42 Å². The molecule has 0 aromatic carbocycles. The van der Waals surface area contributed by atoms with E-state index in [0.29, 0.717) is 29.9 Å². The van der Waals surface area contributed by atoms with E-state index in [2.05, 4.69) is 25.6 Å². The van der Waals surface area contributed by atoms with E-state index in [9.17, 15) is 9.59 Å². The minimum Gasteiger partial charge on any atom is -0.378 e. The summed E-state index contributed by atoms with van der Waals surface area (Å²) < 4.78 is 5.32. The van der Waals surface area contributed by atoms with Crippen molar-refractivity contribution >= 4 is 34.1 Å². The Bertz CT molecular complexity index is 759. The van der Waals surface area contributed by atoms with E-state index in [1.165, 1.54) is 17.7 Å². The first-order chi connectivity index (χ1) is 12.2. The minimum atomic E-state index is -0.363. The van der Waals surface area contributed by atoms with Crippen LogP contribution < -0.4 is 15.5 Å². The maximum absolute atomic E-state index is 12.4. The molecule has 1 aliphatic heterocycles. The van der Waals surface area contributed by atoms with Gasteiger partial charge in [-0.2, -0.15) is 0 Å². The van der Waals surface area contributed by atoms with Crippen LogP contribution in [0.25, 0.3) is 0 Å². The van der Waals surface area contributed by atoms with E-state index in [1.807, 2.05) is 4.90 Å². The second-order valence-corrected chi connectivity index (χ2v) is 6.17. The van der Waals surface area contributed by atoms with E-state index >= 15 is 0 Å². The van der Waals surface area contributed by atoms with Crippen molar-refractivity contribution in [2.75, 3.05) is 43.6 Å². The fourth-order valence-corrected chi connectivity index (χ4v) is 3.00. The number of nitrogens with zero attached hydrogens (tertiary/aromatic N) is 4. The highest BCUT2D eigenvalue weighted by atomic mass is 32.1. The molecule has 0 aliphatic carbocycles. The lowest BCUT2D eigenvalue weighted by Gasteiger charge is -2.27. The van der Waals surface area contributed by atoms with Gasteiger partial charge in [0.2, 0.25) is 5.91 Å². The largest absolute Gasteiger partial charge is 0.378 e. The molecule has 0 spiro atoms. The molecule has 2 aromatic rings. The number of anilines is 2. The Labute approximate surface area is 148 Å². The summed E-state index contributed by atoms with van der Waals surface area (Å²) in [6.07, 6.45) is 1.55. The molecule has 0 unspecified atom stereocenters. The van der Waals surface area contributed by atoms with Crippen molar-refractivity contribution in [2.24, 2.45) is 0 Å². The van der Waals surface area contributed by atoms with Crippen LogP contribution in [0.1, 0.15) is 16.2 Å². The normalized spacial score (nSPS) is 14.2. The molecule has 25 heavy (non-hydrogen) atoms. The highest BCUT2D eigenvalue weighted by molar-refractivity contribution is 7.14. The maximum Gasteiger partial charge on any atom is 0.276 e.